The molecule has 2 N–H and O–H groups in total. The molecule has 2 aromatic carbocycles. The van der Waals surface area contributed by atoms with Gasteiger partial charge in [0.05, 0.1) is 0 Å². The maximum absolute atomic E-state index is 12.2. The van der Waals surface area contributed by atoms with E-state index < -0.39 is 0 Å². The van der Waals surface area contributed by atoms with Crippen LogP contribution in [0.2, 0.25) is 0 Å². The van der Waals surface area contributed by atoms with Crippen LogP contribution in [0.5, 0.6) is 0 Å². The van der Waals surface area contributed by atoms with E-state index in [1.54, 1.807) is 0 Å². The number of rotatable bonds is 6. The van der Waals surface area contributed by atoms with Crippen molar-refractivity contribution in [2.24, 2.45) is 5.92 Å². The van der Waals surface area contributed by atoms with E-state index in [-0.39, 0.29) is 17.7 Å². The normalized spacial score (nSPS) is 16.0. The predicted molar refractivity (Wildman–Crippen MR) is 101 cm³/mol. The lowest BCUT2D eigenvalue weighted by Gasteiger charge is -2.24. The van der Waals surface area contributed by atoms with E-state index in [1.165, 1.54) is 5.56 Å². The summed E-state index contributed by atoms with van der Waals surface area (Å²) in [5, 5.41) is 5.85. The smallest absolute Gasteiger partial charge is 0.227 e. The van der Waals surface area contributed by atoms with Crippen LogP contribution in [0.4, 0.5) is 11.4 Å². The van der Waals surface area contributed by atoms with Gasteiger partial charge < -0.3 is 10.6 Å². The first kappa shape index (κ1) is 17.2. The molecule has 2 aromatic rings. The zero-order chi connectivity index (χ0) is 17.6. The average molecular weight is 336 g/mol. The Morgan fingerprint density at radius 2 is 1.92 bits per heavy atom. The molecule has 130 valence electrons. The van der Waals surface area contributed by atoms with Gasteiger partial charge in [-0.1, -0.05) is 43.7 Å². The Kier molecular flexibility index (Phi) is 5.49. The third-order valence-corrected chi connectivity index (χ3v) is 4.61. The molecule has 0 saturated heterocycles. The highest BCUT2D eigenvalue weighted by Crippen LogP contribution is 2.27. The van der Waals surface area contributed by atoms with Gasteiger partial charge in [-0.3, -0.25) is 9.59 Å². The number of aryl methyl sites for hydroxylation is 1. The SMILES string of the molecule is CCCc1ccc(NC(=O)CCC2Cc3ccccc3NC2=O)cc1. The Balaban J connectivity index is 1.51. The Morgan fingerprint density at radius 1 is 1.16 bits per heavy atom. The second kappa shape index (κ2) is 7.97. The molecule has 25 heavy (non-hydrogen) atoms. The van der Waals surface area contributed by atoms with Crippen molar-refractivity contribution in [1.82, 2.24) is 0 Å². The third-order valence-electron chi connectivity index (χ3n) is 4.61. The molecule has 1 aliphatic heterocycles. The van der Waals surface area contributed by atoms with Gasteiger partial charge in [0.2, 0.25) is 11.8 Å². The number of fused-ring (bicyclic) bond motifs is 1. The van der Waals surface area contributed by atoms with Crippen LogP contribution in [0.25, 0.3) is 0 Å². The highest BCUT2D eigenvalue weighted by Gasteiger charge is 2.26. The van der Waals surface area contributed by atoms with Crippen LogP contribution in [0.15, 0.2) is 48.5 Å². The monoisotopic (exact) mass is 336 g/mol. The molecule has 4 nitrogen and oxygen atoms in total. The summed E-state index contributed by atoms with van der Waals surface area (Å²) in [5.41, 5.74) is 4.11. The first-order chi connectivity index (χ1) is 12.2. The number of para-hydroxylation sites is 1. The fourth-order valence-corrected chi connectivity index (χ4v) is 3.22. The van der Waals surface area contributed by atoms with Crippen LogP contribution < -0.4 is 10.6 Å². The molecule has 1 heterocycles. The van der Waals surface area contributed by atoms with Crippen LogP contribution in [0, 0.1) is 5.92 Å². The van der Waals surface area contributed by atoms with E-state index in [0.29, 0.717) is 19.3 Å². The van der Waals surface area contributed by atoms with Crippen LogP contribution in [0.3, 0.4) is 0 Å². The van der Waals surface area contributed by atoms with E-state index in [0.717, 1.165) is 29.8 Å². The van der Waals surface area contributed by atoms with Gasteiger partial charge in [0.25, 0.3) is 0 Å². The number of hydrogen-bond acceptors (Lipinski definition) is 2. The quantitative estimate of drug-likeness (QED) is 0.832. The molecule has 2 amide bonds. The number of carbonyl (C=O) groups excluding carboxylic acids is 2. The number of amides is 2. The molecule has 0 radical (unpaired) electrons. The molecular weight excluding hydrogens is 312 g/mol. The lowest BCUT2D eigenvalue weighted by molar-refractivity contribution is -0.121. The molecule has 1 aliphatic rings. The van der Waals surface area contributed by atoms with Crippen LogP contribution in [0.1, 0.15) is 37.3 Å². The van der Waals surface area contributed by atoms with Crippen molar-refractivity contribution < 1.29 is 9.59 Å². The standard InChI is InChI=1S/C21H24N2O2/c1-2-5-15-8-11-18(12-9-15)22-20(24)13-10-17-14-16-6-3-4-7-19(16)23-21(17)25/h3-4,6-9,11-12,17H,2,5,10,13-14H2,1H3,(H,22,24)(H,23,25). The fraction of sp³-hybridized carbons (Fsp3) is 0.333. The maximum Gasteiger partial charge on any atom is 0.227 e. The first-order valence-corrected chi connectivity index (χ1v) is 8.93. The molecule has 4 heteroatoms. The zero-order valence-electron chi connectivity index (χ0n) is 14.5. The molecule has 0 aromatic heterocycles. The summed E-state index contributed by atoms with van der Waals surface area (Å²) < 4.78 is 0. The Morgan fingerprint density at radius 3 is 2.68 bits per heavy atom. The van der Waals surface area contributed by atoms with E-state index in [1.807, 2.05) is 48.5 Å². The van der Waals surface area contributed by atoms with Crippen molar-refractivity contribution >= 4 is 23.2 Å². The van der Waals surface area contributed by atoms with Gasteiger partial charge in [0, 0.05) is 23.7 Å². The molecule has 1 unspecified atom stereocenters. The largest absolute Gasteiger partial charge is 0.326 e. The summed E-state index contributed by atoms with van der Waals surface area (Å²) in [6, 6.07) is 15.8. The first-order valence-electron chi connectivity index (χ1n) is 8.93. The Labute approximate surface area is 148 Å². The third kappa shape index (κ3) is 4.47. The summed E-state index contributed by atoms with van der Waals surface area (Å²) in [6.45, 7) is 2.15. The summed E-state index contributed by atoms with van der Waals surface area (Å²) >= 11 is 0. The highest BCUT2D eigenvalue weighted by atomic mass is 16.2. The fourth-order valence-electron chi connectivity index (χ4n) is 3.22. The van der Waals surface area contributed by atoms with E-state index >= 15 is 0 Å². The molecule has 0 saturated carbocycles. The summed E-state index contributed by atoms with van der Waals surface area (Å²) in [6.07, 6.45) is 3.75. The lowest BCUT2D eigenvalue weighted by atomic mass is 9.89. The molecular formula is C21H24N2O2. The van der Waals surface area contributed by atoms with Crippen molar-refractivity contribution in [3.05, 3.63) is 59.7 Å². The molecule has 1 atom stereocenters. The summed E-state index contributed by atoms with van der Waals surface area (Å²) in [7, 11) is 0. The Bertz CT molecular complexity index is 753. The van der Waals surface area contributed by atoms with Crippen LogP contribution >= 0.6 is 0 Å². The number of carbonyl (C=O) groups is 2. The predicted octanol–water partition coefficient (Wildman–Crippen LogP) is 4.17. The number of anilines is 2. The van der Waals surface area contributed by atoms with E-state index in [4.69, 9.17) is 0 Å². The van der Waals surface area contributed by atoms with Crippen molar-refractivity contribution in [3.8, 4) is 0 Å². The van der Waals surface area contributed by atoms with Gasteiger partial charge in [0.15, 0.2) is 0 Å². The summed E-state index contributed by atoms with van der Waals surface area (Å²) in [4.78, 5) is 24.4. The summed E-state index contributed by atoms with van der Waals surface area (Å²) in [5.74, 6) is -0.183. The van der Waals surface area contributed by atoms with Gasteiger partial charge in [-0.15, -0.1) is 0 Å². The highest BCUT2D eigenvalue weighted by molar-refractivity contribution is 5.96. The van der Waals surface area contributed by atoms with Gasteiger partial charge in [-0.05, 0) is 48.6 Å². The second-order valence-corrected chi connectivity index (χ2v) is 6.58. The molecule has 0 aliphatic carbocycles. The number of nitrogens with one attached hydrogen (secondary N) is 2. The molecule has 0 spiro atoms. The van der Waals surface area contributed by atoms with Crippen molar-refractivity contribution in [2.45, 2.75) is 39.0 Å². The average Bonchev–Trinajstić information content (AvgIpc) is 2.62. The molecule has 0 fully saturated rings. The van der Waals surface area contributed by atoms with Gasteiger partial charge in [-0.25, -0.2) is 0 Å². The van der Waals surface area contributed by atoms with Crippen molar-refractivity contribution in [2.75, 3.05) is 10.6 Å². The van der Waals surface area contributed by atoms with Gasteiger partial charge >= 0.3 is 0 Å². The minimum atomic E-state index is -0.146. The van der Waals surface area contributed by atoms with Gasteiger partial charge in [-0.2, -0.15) is 0 Å². The van der Waals surface area contributed by atoms with E-state index in [2.05, 4.69) is 17.6 Å². The lowest BCUT2D eigenvalue weighted by Crippen LogP contribution is -2.30. The Hall–Kier alpha value is -2.62. The van der Waals surface area contributed by atoms with Crippen LogP contribution in [-0.4, -0.2) is 11.8 Å². The minimum Gasteiger partial charge on any atom is -0.326 e. The van der Waals surface area contributed by atoms with Gasteiger partial charge in [0.1, 0.15) is 0 Å². The second-order valence-electron chi connectivity index (χ2n) is 6.58. The minimum absolute atomic E-state index is 0.00965. The zero-order valence-corrected chi connectivity index (χ0v) is 14.5. The molecule has 3 rings (SSSR count). The van der Waals surface area contributed by atoms with Crippen molar-refractivity contribution in [3.63, 3.8) is 0 Å². The van der Waals surface area contributed by atoms with Crippen LogP contribution in [-0.2, 0) is 22.4 Å². The molecule has 0 bridgehead atoms. The van der Waals surface area contributed by atoms with E-state index in [9.17, 15) is 9.59 Å². The van der Waals surface area contributed by atoms with Crippen molar-refractivity contribution in [1.29, 1.82) is 0 Å². The number of benzene rings is 2. The maximum atomic E-state index is 12.2. The number of hydrogen-bond donors (Lipinski definition) is 2. The topological polar surface area (TPSA) is 58.2 Å².